The Balaban J connectivity index is 1.33. The van der Waals surface area contributed by atoms with Crippen LogP contribution in [0.15, 0.2) is 48.7 Å². The van der Waals surface area contributed by atoms with Crippen molar-refractivity contribution in [3.05, 3.63) is 64.1 Å². The van der Waals surface area contributed by atoms with Crippen LogP contribution in [-0.2, 0) is 16.1 Å². The number of amides is 1. The summed E-state index contributed by atoms with van der Waals surface area (Å²) in [6, 6.07) is 14.3. The van der Waals surface area contributed by atoms with Crippen LogP contribution in [0, 0.1) is 6.92 Å². The van der Waals surface area contributed by atoms with Crippen LogP contribution in [-0.4, -0.2) is 53.8 Å². The zero-order valence-electron chi connectivity index (χ0n) is 21.3. The van der Waals surface area contributed by atoms with E-state index in [1.54, 1.807) is 18.4 Å². The number of morpholine rings is 1. The van der Waals surface area contributed by atoms with Gasteiger partial charge < -0.3 is 24.3 Å². The molecule has 0 saturated carbocycles. The van der Waals surface area contributed by atoms with Crippen molar-refractivity contribution in [3.8, 4) is 17.0 Å². The van der Waals surface area contributed by atoms with Gasteiger partial charge in [-0.05, 0) is 60.7 Å². The van der Waals surface area contributed by atoms with Crippen LogP contribution in [0.25, 0.3) is 22.2 Å². The van der Waals surface area contributed by atoms with E-state index in [4.69, 9.17) is 26.1 Å². The third-order valence-corrected chi connectivity index (χ3v) is 8.02. The monoisotopic (exact) mass is 538 g/mol. The van der Waals surface area contributed by atoms with Gasteiger partial charge in [-0.2, -0.15) is 0 Å². The molecule has 0 radical (unpaired) electrons. The van der Waals surface area contributed by atoms with Crippen LogP contribution >= 0.6 is 22.9 Å². The Morgan fingerprint density at radius 3 is 2.76 bits per heavy atom. The maximum Gasteiger partial charge on any atom is 0.242 e. The first-order valence-electron chi connectivity index (χ1n) is 12.5. The van der Waals surface area contributed by atoms with Crippen molar-refractivity contribution in [1.82, 2.24) is 14.5 Å². The van der Waals surface area contributed by atoms with Crippen LogP contribution in [0.1, 0.15) is 29.8 Å². The molecule has 1 amide bonds. The number of rotatable bonds is 8. The normalized spacial score (nSPS) is 14.6. The lowest BCUT2D eigenvalue weighted by atomic mass is 10.0. The predicted octanol–water partition coefficient (Wildman–Crippen LogP) is 6.16. The molecule has 1 saturated heterocycles. The number of aromatic nitrogens is 2. The molecule has 3 heterocycles. The van der Waals surface area contributed by atoms with Crippen molar-refractivity contribution in [3.63, 3.8) is 0 Å². The molecular weight excluding hydrogens is 508 g/mol. The molecule has 1 N–H and O–H groups in total. The molecule has 1 atom stereocenters. The van der Waals surface area contributed by atoms with Crippen LogP contribution in [0.4, 0.5) is 5.13 Å². The van der Waals surface area contributed by atoms with Gasteiger partial charge in [0.15, 0.2) is 5.13 Å². The first-order valence-corrected chi connectivity index (χ1v) is 13.7. The summed E-state index contributed by atoms with van der Waals surface area (Å²) in [5, 5.41) is 6.22. The lowest BCUT2D eigenvalue weighted by Crippen LogP contribution is -2.42. The lowest BCUT2D eigenvalue weighted by molar-refractivity contribution is -0.135. The topological polar surface area (TPSA) is 68.6 Å². The van der Waals surface area contributed by atoms with E-state index in [2.05, 4.69) is 43.4 Å². The van der Waals surface area contributed by atoms with Gasteiger partial charge in [0.05, 0.1) is 37.1 Å². The Labute approximate surface area is 226 Å². The largest absolute Gasteiger partial charge is 0.497 e. The number of halogens is 1. The van der Waals surface area contributed by atoms with Crippen molar-refractivity contribution in [2.24, 2.45) is 0 Å². The Morgan fingerprint density at radius 1 is 1.22 bits per heavy atom. The molecule has 0 bridgehead atoms. The van der Waals surface area contributed by atoms with Gasteiger partial charge in [0.2, 0.25) is 5.91 Å². The highest BCUT2D eigenvalue weighted by Gasteiger charge is 2.19. The van der Waals surface area contributed by atoms with Gasteiger partial charge in [0.1, 0.15) is 12.3 Å². The van der Waals surface area contributed by atoms with Crippen molar-refractivity contribution >= 4 is 44.9 Å². The molecule has 194 valence electrons. The SMILES string of the molecule is CCC(Nc1nc(-c2ccc(OC)cc2Cl)c(C)s1)c1ccc2c(ccn2CC(=O)N2CCOCC2)c1. The van der Waals surface area contributed by atoms with Gasteiger partial charge >= 0.3 is 0 Å². The molecule has 9 heteroatoms. The number of thiazole rings is 1. The zero-order valence-corrected chi connectivity index (χ0v) is 22.9. The first kappa shape index (κ1) is 25.6. The zero-order chi connectivity index (χ0) is 25.9. The van der Waals surface area contributed by atoms with Crippen LogP contribution < -0.4 is 10.1 Å². The summed E-state index contributed by atoms with van der Waals surface area (Å²) in [6.45, 7) is 7.11. The molecule has 5 rings (SSSR count). The summed E-state index contributed by atoms with van der Waals surface area (Å²) in [4.78, 5) is 20.6. The number of aryl methyl sites for hydroxylation is 1. The molecule has 0 spiro atoms. The number of fused-ring (bicyclic) bond motifs is 1. The van der Waals surface area contributed by atoms with Gasteiger partial charge in [-0.25, -0.2) is 4.98 Å². The van der Waals surface area contributed by atoms with E-state index in [0.717, 1.165) is 44.3 Å². The Morgan fingerprint density at radius 2 is 2.03 bits per heavy atom. The summed E-state index contributed by atoms with van der Waals surface area (Å²) in [5.74, 6) is 0.852. The number of carbonyl (C=O) groups is 1. The van der Waals surface area contributed by atoms with Crippen molar-refractivity contribution in [2.45, 2.75) is 32.9 Å². The summed E-state index contributed by atoms with van der Waals surface area (Å²) in [7, 11) is 1.63. The molecule has 1 unspecified atom stereocenters. The van der Waals surface area contributed by atoms with Gasteiger partial charge in [-0.1, -0.05) is 24.6 Å². The molecule has 1 aliphatic heterocycles. The molecule has 1 aliphatic rings. The minimum absolute atomic E-state index is 0.104. The van der Waals surface area contributed by atoms with E-state index in [1.165, 1.54) is 5.56 Å². The minimum atomic E-state index is 0.104. The molecule has 0 aliphatic carbocycles. The number of hydrogen-bond donors (Lipinski definition) is 1. The highest BCUT2D eigenvalue weighted by atomic mass is 35.5. The second-order valence-corrected chi connectivity index (χ2v) is 10.7. The quantitative estimate of drug-likeness (QED) is 0.291. The summed E-state index contributed by atoms with van der Waals surface area (Å²) < 4.78 is 12.7. The number of anilines is 1. The first-order chi connectivity index (χ1) is 18.0. The number of methoxy groups -OCH3 is 1. The van der Waals surface area contributed by atoms with E-state index in [1.807, 2.05) is 33.9 Å². The van der Waals surface area contributed by atoms with Crippen LogP contribution in [0.5, 0.6) is 5.75 Å². The lowest BCUT2D eigenvalue weighted by Gasteiger charge is -2.27. The maximum absolute atomic E-state index is 12.7. The van der Waals surface area contributed by atoms with Crippen LogP contribution in [0.2, 0.25) is 5.02 Å². The van der Waals surface area contributed by atoms with E-state index >= 15 is 0 Å². The van der Waals surface area contributed by atoms with E-state index in [0.29, 0.717) is 37.9 Å². The van der Waals surface area contributed by atoms with Gasteiger partial charge in [0, 0.05) is 35.2 Å². The van der Waals surface area contributed by atoms with E-state index in [9.17, 15) is 4.79 Å². The smallest absolute Gasteiger partial charge is 0.242 e. The fourth-order valence-electron chi connectivity index (χ4n) is 4.72. The molecule has 4 aromatic rings. The fourth-order valence-corrected chi connectivity index (χ4v) is 5.87. The highest BCUT2D eigenvalue weighted by Crippen LogP contribution is 2.37. The van der Waals surface area contributed by atoms with Crippen molar-refractivity contribution in [2.75, 3.05) is 38.7 Å². The molecule has 37 heavy (non-hydrogen) atoms. The summed E-state index contributed by atoms with van der Waals surface area (Å²) in [6.07, 6.45) is 2.90. The number of benzene rings is 2. The summed E-state index contributed by atoms with van der Waals surface area (Å²) in [5.41, 5.74) is 4.02. The number of ether oxygens (including phenoxy) is 2. The third-order valence-electron chi connectivity index (χ3n) is 6.80. The maximum atomic E-state index is 12.7. The van der Waals surface area contributed by atoms with Gasteiger partial charge in [-0.15, -0.1) is 11.3 Å². The molecule has 2 aromatic carbocycles. The third kappa shape index (κ3) is 5.46. The molecule has 1 fully saturated rings. The average molecular weight is 539 g/mol. The van der Waals surface area contributed by atoms with Gasteiger partial charge in [0.25, 0.3) is 0 Å². The molecular formula is C28H31ClN4O3S. The predicted molar refractivity (Wildman–Crippen MR) is 150 cm³/mol. The average Bonchev–Trinajstić information content (AvgIpc) is 3.49. The Kier molecular flexibility index (Phi) is 7.69. The van der Waals surface area contributed by atoms with Crippen LogP contribution in [0.3, 0.4) is 0 Å². The van der Waals surface area contributed by atoms with Crippen molar-refractivity contribution in [1.29, 1.82) is 0 Å². The molecule has 7 nitrogen and oxygen atoms in total. The van der Waals surface area contributed by atoms with Crippen molar-refractivity contribution < 1.29 is 14.3 Å². The minimum Gasteiger partial charge on any atom is -0.497 e. The standard InChI is InChI=1S/C28H31ClN4O3S/c1-4-24(30-28-31-27(18(2)37-28)22-7-6-21(35-3)16-23(22)29)19-5-8-25-20(15-19)9-10-33(25)17-26(34)32-11-13-36-14-12-32/h5-10,15-16,24H,4,11-14,17H2,1-3H3,(H,30,31). The number of carbonyl (C=O) groups excluding carboxylic acids is 1. The van der Waals surface area contributed by atoms with E-state index < -0.39 is 0 Å². The second kappa shape index (κ2) is 11.1. The molecule has 2 aromatic heterocycles. The van der Waals surface area contributed by atoms with Gasteiger partial charge in [-0.3, -0.25) is 4.79 Å². The van der Waals surface area contributed by atoms with E-state index in [-0.39, 0.29) is 11.9 Å². The number of hydrogen-bond acceptors (Lipinski definition) is 6. The number of nitrogens with one attached hydrogen (secondary N) is 1. The fraction of sp³-hybridized carbons (Fsp3) is 0.357. The summed E-state index contributed by atoms with van der Waals surface area (Å²) >= 11 is 8.15. The second-order valence-electron chi connectivity index (χ2n) is 9.13. The Hall–Kier alpha value is -3.07. The Bertz CT molecular complexity index is 1410. The highest BCUT2D eigenvalue weighted by molar-refractivity contribution is 7.16. The number of nitrogens with zero attached hydrogens (tertiary/aromatic N) is 3.